The summed E-state index contributed by atoms with van der Waals surface area (Å²) in [5.41, 5.74) is 0.907. The summed E-state index contributed by atoms with van der Waals surface area (Å²) in [5, 5.41) is 29.8. The number of benzene rings is 2. The van der Waals surface area contributed by atoms with Crippen LogP contribution in [0.3, 0.4) is 0 Å². The van der Waals surface area contributed by atoms with Gasteiger partial charge in [0.2, 0.25) is 5.89 Å². The molecule has 0 bridgehead atoms. The van der Waals surface area contributed by atoms with E-state index in [9.17, 15) is 20.2 Å². The summed E-state index contributed by atoms with van der Waals surface area (Å²) in [5.74, 6) is 0.432. The monoisotopic (exact) mass is 358 g/mol. The van der Waals surface area contributed by atoms with Gasteiger partial charge in [-0.1, -0.05) is 36.0 Å². The van der Waals surface area contributed by atoms with Crippen LogP contribution in [0.4, 0.5) is 11.4 Å². The zero-order chi connectivity index (χ0) is 17.8. The predicted octanol–water partition coefficient (Wildman–Crippen LogP) is 3.85. The van der Waals surface area contributed by atoms with Crippen LogP contribution in [0.2, 0.25) is 0 Å². The van der Waals surface area contributed by atoms with Crippen molar-refractivity contribution < 1.29 is 14.3 Å². The van der Waals surface area contributed by atoms with Gasteiger partial charge in [0.1, 0.15) is 0 Å². The molecule has 3 aromatic rings. The van der Waals surface area contributed by atoms with Crippen molar-refractivity contribution in [3.63, 3.8) is 0 Å². The van der Waals surface area contributed by atoms with Crippen LogP contribution in [0.1, 0.15) is 5.56 Å². The highest BCUT2D eigenvalue weighted by atomic mass is 32.2. The number of aromatic nitrogens is 2. The highest BCUT2D eigenvalue weighted by Crippen LogP contribution is 2.29. The standard InChI is InChI=1S/C15H10N4O5S/c20-18(21)12-6-3-5-10(8-12)14-16-17-15(24-14)25-9-11-4-1-2-7-13(11)19(22)23/h1-8H,9H2. The Morgan fingerprint density at radius 2 is 1.80 bits per heavy atom. The molecule has 3 rings (SSSR count). The number of hydrogen-bond donors (Lipinski definition) is 0. The van der Waals surface area contributed by atoms with E-state index in [0.717, 1.165) is 11.8 Å². The molecule has 10 heteroatoms. The van der Waals surface area contributed by atoms with Crippen LogP contribution in [0, 0.1) is 20.2 Å². The van der Waals surface area contributed by atoms with Crippen LogP contribution in [-0.2, 0) is 5.75 Å². The maximum Gasteiger partial charge on any atom is 0.277 e. The minimum Gasteiger partial charge on any atom is -0.411 e. The first kappa shape index (κ1) is 16.6. The molecule has 0 aliphatic carbocycles. The minimum absolute atomic E-state index is 0.0217. The molecule has 2 aromatic carbocycles. The molecule has 0 aliphatic rings. The fourth-order valence-electron chi connectivity index (χ4n) is 2.09. The second-order valence-electron chi connectivity index (χ2n) is 4.86. The Kier molecular flexibility index (Phi) is 4.70. The Bertz CT molecular complexity index is 943. The van der Waals surface area contributed by atoms with E-state index in [1.807, 2.05) is 0 Å². The van der Waals surface area contributed by atoms with Gasteiger partial charge in [-0.25, -0.2) is 0 Å². The van der Waals surface area contributed by atoms with Gasteiger partial charge in [0.05, 0.1) is 9.85 Å². The third-order valence-electron chi connectivity index (χ3n) is 3.25. The van der Waals surface area contributed by atoms with Crippen molar-refractivity contribution in [2.24, 2.45) is 0 Å². The van der Waals surface area contributed by atoms with E-state index in [1.54, 1.807) is 24.3 Å². The Hall–Kier alpha value is -3.27. The van der Waals surface area contributed by atoms with Gasteiger partial charge in [-0.05, 0) is 6.07 Å². The van der Waals surface area contributed by atoms with E-state index in [0.29, 0.717) is 11.1 Å². The fraction of sp³-hybridized carbons (Fsp3) is 0.0667. The van der Waals surface area contributed by atoms with Gasteiger partial charge < -0.3 is 4.42 Å². The molecule has 0 amide bonds. The maximum absolute atomic E-state index is 11.0. The van der Waals surface area contributed by atoms with Gasteiger partial charge in [0.15, 0.2) is 0 Å². The summed E-state index contributed by atoms with van der Waals surface area (Å²) in [6, 6.07) is 12.2. The van der Waals surface area contributed by atoms with Crippen molar-refractivity contribution >= 4 is 23.1 Å². The third-order valence-corrected chi connectivity index (χ3v) is 4.12. The Labute approximate surface area is 145 Å². The zero-order valence-electron chi connectivity index (χ0n) is 12.6. The molecule has 0 aliphatic heterocycles. The lowest BCUT2D eigenvalue weighted by Gasteiger charge is -2.00. The summed E-state index contributed by atoms with van der Waals surface area (Å²) in [7, 11) is 0. The van der Waals surface area contributed by atoms with E-state index >= 15 is 0 Å². The average Bonchev–Trinajstić information content (AvgIpc) is 3.09. The number of nitro benzene ring substituents is 2. The maximum atomic E-state index is 11.0. The molecule has 0 saturated carbocycles. The average molecular weight is 358 g/mol. The minimum atomic E-state index is -0.510. The Morgan fingerprint density at radius 3 is 2.56 bits per heavy atom. The first-order valence-electron chi connectivity index (χ1n) is 6.98. The lowest BCUT2D eigenvalue weighted by Crippen LogP contribution is -1.93. The van der Waals surface area contributed by atoms with E-state index in [-0.39, 0.29) is 28.2 Å². The van der Waals surface area contributed by atoms with Gasteiger partial charge in [0.25, 0.3) is 16.6 Å². The molecule has 25 heavy (non-hydrogen) atoms. The van der Waals surface area contributed by atoms with E-state index in [4.69, 9.17) is 4.42 Å². The molecule has 0 atom stereocenters. The molecule has 0 unspecified atom stereocenters. The zero-order valence-corrected chi connectivity index (χ0v) is 13.4. The molecule has 0 spiro atoms. The molecule has 0 radical (unpaired) electrons. The van der Waals surface area contributed by atoms with Crippen molar-refractivity contribution in [1.29, 1.82) is 0 Å². The van der Waals surface area contributed by atoms with E-state index in [2.05, 4.69) is 10.2 Å². The highest BCUT2D eigenvalue weighted by Gasteiger charge is 2.16. The number of non-ortho nitro benzene ring substituents is 1. The quantitative estimate of drug-likeness (QED) is 0.369. The second kappa shape index (κ2) is 7.09. The van der Waals surface area contributed by atoms with E-state index in [1.165, 1.54) is 24.3 Å². The lowest BCUT2D eigenvalue weighted by molar-refractivity contribution is -0.385. The third kappa shape index (κ3) is 3.80. The molecule has 1 aromatic heterocycles. The summed E-state index contributed by atoms with van der Waals surface area (Å²) in [6.07, 6.45) is 0. The largest absolute Gasteiger partial charge is 0.411 e. The highest BCUT2D eigenvalue weighted by molar-refractivity contribution is 7.98. The number of thioether (sulfide) groups is 1. The van der Waals surface area contributed by atoms with Crippen LogP contribution in [0.25, 0.3) is 11.5 Å². The second-order valence-corrected chi connectivity index (χ2v) is 5.78. The molecule has 1 heterocycles. The molecular formula is C15H10N4O5S. The van der Waals surface area contributed by atoms with Gasteiger partial charge in [-0.15, -0.1) is 10.2 Å². The molecule has 0 fully saturated rings. The molecule has 0 saturated heterocycles. The number of rotatable bonds is 6. The van der Waals surface area contributed by atoms with Crippen molar-refractivity contribution in [1.82, 2.24) is 10.2 Å². The fourth-order valence-corrected chi connectivity index (χ4v) is 2.85. The van der Waals surface area contributed by atoms with Crippen LogP contribution >= 0.6 is 11.8 Å². The number of hydrogen-bond acceptors (Lipinski definition) is 8. The molecular weight excluding hydrogens is 348 g/mol. The number of nitro groups is 2. The van der Waals surface area contributed by atoms with Gasteiger partial charge >= 0.3 is 0 Å². The normalized spacial score (nSPS) is 10.6. The van der Waals surface area contributed by atoms with E-state index < -0.39 is 9.85 Å². The van der Waals surface area contributed by atoms with Crippen LogP contribution in [0.5, 0.6) is 0 Å². The van der Waals surface area contributed by atoms with Crippen LogP contribution < -0.4 is 0 Å². The van der Waals surface area contributed by atoms with Gasteiger partial charge in [0, 0.05) is 35.1 Å². The number of para-hydroxylation sites is 1. The first-order chi connectivity index (χ1) is 12.0. The first-order valence-corrected chi connectivity index (χ1v) is 7.96. The Balaban J connectivity index is 1.76. The lowest BCUT2D eigenvalue weighted by atomic mass is 10.2. The molecule has 126 valence electrons. The SMILES string of the molecule is O=[N+]([O-])c1cccc(-c2nnc(SCc3ccccc3[N+](=O)[O-])o2)c1. The van der Waals surface area contributed by atoms with Crippen molar-refractivity contribution in [3.8, 4) is 11.5 Å². The summed E-state index contributed by atoms with van der Waals surface area (Å²) in [4.78, 5) is 20.9. The predicted molar refractivity (Wildman–Crippen MR) is 89.0 cm³/mol. The smallest absolute Gasteiger partial charge is 0.277 e. The van der Waals surface area contributed by atoms with Crippen molar-refractivity contribution in [2.45, 2.75) is 11.0 Å². The Morgan fingerprint density at radius 1 is 1.00 bits per heavy atom. The van der Waals surface area contributed by atoms with Crippen LogP contribution in [0.15, 0.2) is 58.2 Å². The summed E-state index contributed by atoms with van der Waals surface area (Å²) in [6.45, 7) is 0. The molecule has 0 N–H and O–H groups in total. The summed E-state index contributed by atoms with van der Waals surface area (Å²) < 4.78 is 5.47. The van der Waals surface area contributed by atoms with Gasteiger partial charge in [-0.3, -0.25) is 20.2 Å². The van der Waals surface area contributed by atoms with Crippen LogP contribution in [-0.4, -0.2) is 20.0 Å². The van der Waals surface area contributed by atoms with Crippen molar-refractivity contribution in [3.05, 3.63) is 74.3 Å². The summed E-state index contributed by atoms with van der Waals surface area (Å²) >= 11 is 1.15. The topological polar surface area (TPSA) is 125 Å². The van der Waals surface area contributed by atoms with Gasteiger partial charge in [-0.2, -0.15) is 0 Å². The number of nitrogens with zero attached hydrogens (tertiary/aromatic N) is 4. The van der Waals surface area contributed by atoms with Crippen molar-refractivity contribution in [2.75, 3.05) is 0 Å². The molecule has 9 nitrogen and oxygen atoms in total.